The van der Waals surface area contributed by atoms with Crippen LogP contribution in [0.15, 0.2) is 18.2 Å². The molecule has 0 unspecified atom stereocenters. The quantitative estimate of drug-likeness (QED) is 0.873. The maximum absolute atomic E-state index is 5.52. The van der Waals surface area contributed by atoms with Crippen molar-refractivity contribution in [3.8, 4) is 5.75 Å². The summed E-state index contributed by atoms with van der Waals surface area (Å²) in [5.74, 6) is 0.924. The molecule has 1 heterocycles. The summed E-state index contributed by atoms with van der Waals surface area (Å²) in [6, 6.07) is 6.09. The summed E-state index contributed by atoms with van der Waals surface area (Å²) in [7, 11) is 0. The molecule has 0 amide bonds. The molecule has 1 aromatic carbocycles. The Morgan fingerprint density at radius 3 is 3.00 bits per heavy atom. The van der Waals surface area contributed by atoms with Crippen LogP contribution < -0.4 is 10.1 Å². The van der Waals surface area contributed by atoms with Crippen LogP contribution in [0.3, 0.4) is 0 Å². The Morgan fingerprint density at radius 2 is 2.32 bits per heavy atom. The van der Waals surface area contributed by atoms with Crippen LogP contribution in [0, 0.1) is 0 Å². The standard InChI is InChI=1S/C14H18N2OS2/c1-3-17-10-4-5-11-12(8-10)19-13(16-11)15-9-14(18-2)6-7-14/h4-5,8H,3,6-7,9H2,1-2H3,(H,15,16). The van der Waals surface area contributed by atoms with Gasteiger partial charge in [0.05, 0.1) is 16.8 Å². The van der Waals surface area contributed by atoms with E-state index in [1.807, 2.05) is 30.8 Å². The van der Waals surface area contributed by atoms with Gasteiger partial charge in [-0.25, -0.2) is 4.98 Å². The fourth-order valence-corrected chi connectivity index (χ4v) is 3.68. The summed E-state index contributed by atoms with van der Waals surface area (Å²) >= 11 is 3.67. The number of thioether (sulfide) groups is 1. The van der Waals surface area contributed by atoms with Crippen molar-refractivity contribution in [2.75, 3.05) is 24.7 Å². The molecule has 1 aromatic heterocycles. The predicted molar refractivity (Wildman–Crippen MR) is 84.8 cm³/mol. The Hall–Kier alpha value is -0.940. The first-order valence-electron chi connectivity index (χ1n) is 6.57. The number of hydrogen-bond donors (Lipinski definition) is 1. The van der Waals surface area contributed by atoms with Crippen molar-refractivity contribution in [3.63, 3.8) is 0 Å². The van der Waals surface area contributed by atoms with Gasteiger partial charge in [-0.1, -0.05) is 11.3 Å². The Morgan fingerprint density at radius 1 is 1.47 bits per heavy atom. The first kappa shape index (κ1) is 13.1. The molecule has 1 aliphatic carbocycles. The lowest BCUT2D eigenvalue weighted by molar-refractivity contribution is 0.341. The average molecular weight is 294 g/mol. The second kappa shape index (κ2) is 5.21. The van der Waals surface area contributed by atoms with Crippen LogP contribution in [0.2, 0.25) is 0 Å². The number of fused-ring (bicyclic) bond motifs is 1. The van der Waals surface area contributed by atoms with E-state index in [4.69, 9.17) is 4.74 Å². The number of hydrogen-bond acceptors (Lipinski definition) is 5. The molecule has 0 spiro atoms. The van der Waals surface area contributed by atoms with E-state index in [1.54, 1.807) is 11.3 Å². The van der Waals surface area contributed by atoms with Gasteiger partial charge in [-0.2, -0.15) is 11.8 Å². The lowest BCUT2D eigenvalue weighted by atomic mass is 10.3. The zero-order valence-corrected chi connectivity index (χ0v) is 12.9. The molecule has 0 radical (unpaired) electrons. The molecule has 1 N–H and O–H groups in total. The summed E-state index contributed by atoms with van der Waals surface area (Å²) in [5, 5.41) is 4.50. The Balaban J connectivity index is 1.74. The number of rotatable bonds is 6. The van der Waals surface area contributed by atoms with E-state index >= 15 is 0 Å². The molecule has 3 nitrogen and oxygen atoms in total. The minimum Gasteiger partial charge on any atom is -0.494 e. The van der Waals surface area contributed by atoms with Crippen molar-refractivity contribution in [3.05, 3.63) is 18.2 Å². The number of nitrogens with zero attached hydrogens (tertiary/aromatic N) is 1. The second-order valence-corrected chi connectivity index (χ2v) is 7.13. The fraction of sp³-hybridized carbons (Fsp3) is 0.500. The third-order valence-electron chi connectivity index (χ3n) is 3.47. The van der Waals surface area contributed by atoms with Crippen LogP contribution in [-0.2, 0) is 0 Å². The highest BCUT2D eigenvalue weighted by atomic mass is 32.2. The molecule has 102 valence electrons. The van der Waals surface area contributed by atoms with Crippen molar-refractivity contribution in [2.45, 2.75) is 24.5 Å². The van der Waals surface area contributed by atoms with E-state index in [0.717, 1.165) is 22.9 Å². The molecule has 1 saturated carbocycles. The van der Waals surface area contributed by atoms with Crippen molar-refractivity contribution in [1.82, 2.24) is 4.98 Å². The predicted octanol–water partition coefficient (Wildman–Crippen LogP) is 4.00. The molecule has 19 heavy (non-hydrogen) atoms. The number of nitrogens with one attached hydrogen (secondary N) is 1. The molecule has 2 aromatic rings. The van der Waals surface area contributed by atoms with Crippen LogP contribution in [-0.4, -0.2) is 29.1 Å². The lowest BCUT2D eigenvalue weighted by Gasteiger charge is -2.11. The number of ether oxygens (including phenoxy) is 1. The van der Waals surface area contributed by atoms with Crippen molar-refractivity contribution < 1.29 is 4.74 Å². The van der Waals surface area contributed by atoms with Crippen LogP contribution in [0.25, 0.3) is 10.2 Å². The van der Waals surface area contributed by atoms with Crippen LogP contribution in [0.5, 0.6) is 5.75 Å². The topological polar surface area (TPSA) is 34.1 Å². The highest BCUT2D eigenvalue weighted by Gasteiger charge is 2.41. The zero-order valence-electron chi connectivity index (χ0n) is 11.2. The van der Waals surface area contributed by atoms with E-state index in [2.05, 4.69) is 22.6 Å². The van der Waals surface area contributed by atoms with E-state index < -0.39 is 0 Å². The van der Waals surface area contributed by atoms with E-state index in [1.165, 1.54) is 17.5 Å². The maximum Gasteiger partial charge on any atom is 0.183 e. The summed E-state index contributed by atoms with van der Waals surface area (Å²) in [6.07, 6.45) is 4.84. The van der Waals surface area contributed by atoms with Crippen molar-refractivity contribution in [1.29, 1.82) is 0 Å². The van der Waals surface area contributed by atoms with Crippen LogP contribution in [0.1, 0.15) is 19.8 Å². The van der Waals surface area contributed by atoms with Gasteiger partial charge < -0.3 is 10.1 Å². The maximum atomic E-state index is 5.52. The van der Waals surface area contributed by atoms with Gasteiger partial charge in [0.2, 0.25) is 0 Å². The number of anilines is 1. The molecule has 3 rings (SSSR count). The summed E-state index contributed by atoms with van der Waals surface area (Å²) in [6.45, 7) is 3.72. The number of thiazole rings is 1. The van der Waals surface area contributed by atoms with Gasteiger partial charge >= 0.3 is 0 Å². The third kappa shape index (κ3) is 2.82. The van der Waals surface area contributed by atoms with Gasteiger partial charge in [0.15, 0.2) is 5.13 Å². The SMILES string of the molecule is CCOc1ccc2nc(NCC3(SC)CC3)sc2c1. The average Bonchev–Trinajstić information content (AvgIpc) is 3.09. The minimum atomic E-state index is 0.467. The van der Waals surface area contributed by atoms with E-state index in [9.17, 15) is 0 Å². The third-order valence-corrected chi connectivity index (χ3v) is 5.87. The van der Waals surface area contributed by atoms with Gasteiger partial charge in [-0.3, -0.25) is 0 Å². The highest BCUT2D eigenvalue weighted by Crippen LogP contribution is 2.47. The van der Waals surface area contributed by atoms with Crippen LogP contribution in [0.4, 0.5) is 5.13 Å². The minimum absolute atomic E-state index is 0.467. The lowest BCUT2D eigenvalue weighted by Crippen LogP contribution is -2.17. The molecular weight excluding hydrogens is 276 g/mol. The molecule has 1 fully saturated rings. The molecule has 5 heteroatoms. The largest absolute Gasteiger partial charge is 0.494 e. The molecule has 0 saturated heterocycles. The monoisotopic (exact) mass is 294 g/mol. The molecule has 0 bridgehead atoms. The van der Waals surface area contributed by atoms with E-state index in [0.29, 0.717) is 11.4 Å². The molecule has 0 atom stereocenters. The Bertz CT molecular complexity index is 578. The summed E-state index contributed by atoms with van der Waals surface area (Å²) < 4.78 is 7.17. The first-order chi connectivity index (χ1) is 9.24. The molecule has 0 aliphatic heterocycles. The number of aromatic nitrogens is 1. The fourth-order valence-electron chi connectivity index (χ4n) is 2.07. The molecular formula is C14H18N2OS2. The smallest absolute Gasteiger partial charge is 0.183 e. The van der Waals surface area contributed by atoms with Crippen molar-refractivity contribution >= 4 is 38.4 Å². The second-order valence-electron chi connectivity index (χ2n) is 4.82. The van der Waals surface area contributed by atoms with Gasteiger partial charge in [0.25, 0.3) is 0 Å². The van der Waals surface area contributed by atoms with Gasteiger partial charge in [0.1, 0.15) is 5.75 Å². The summed E-state index contributed by atoms with van der Waals surface area (Å²) in [4.78, 5) is 4.62. The highest BCUT2D eigenvalue weighted by molar-refractivity contribution is 8.00. The zero-order chi connectivity index (χ0) is 13.3. The molecule has 1 aliphatic rings. The van der Waals surface area contributed by atoms with Gasteiger partial charge in [-0.15, -0.1) is 0 Å². The first-order valence-corrected chi connectivity index (χ1v) is 8.61. The van der Waals surface area contributed by atoms with Gasteiger partial charge in [-0.05, 0) is 44.2 Å². The van der Waals surface area contributed by atoms with Crippen LogP contribution >= 0.6 is 23.1 Å². The normalized spacial score (nSPS) is 16.5. The van der Waals surface area contributed by atoms with Crippen molar-refractivity contribution in [2.24, 2.45) is 0 Å². The van der Waals surface area contributed by atoms with E-state index in [-0.39, 0.29) is 0 Å². The Kier molecular flexibility index (Phi) is 3.58. The Labute approximate surface area is 121 Å². The van der Waals surface area contributed by atoms with Gasteiger partial charge in [0, 0.05) is 11.3 Å². The summed E-state index contributed by atoms with van der Waals surface area (Å²) in [5.41, 5.74) is 1.05. The number of benzene rings is 1.